The molecule has 0 aliphatic rings. The summed E-state index contributed by atoms with van der Waals surface area (Å²) in [6, 6.07) is 12.2. The summed E-state index contributed by atoms with van der Waals surface area (Å²) in [7, 11) is 0. The van der Waals surface area contributed by atoms with Crippen LogP contribution in [-0.2, 0) is 11.0 Å². The molecule has 6 nitrogen and oxygen atoms in total. The number of alkyl halides is 3. The van der Waals surface area contributed by atoms with Crippen LogP contribution >= 0.6 is 23.4 Å². The number of halogens is 4. The Kier molecular flexibility index (Phi) is 5.66. The third-order valence-electron chi connectivity index (χ3n) is 3.33. The molecule has 0 unspecified atom stereocenters. The highest BCUT2D eigenvalue weighted by atomic mass is 35.5. The molecular formula is C16H11ClF3N5OS. The third-order valence-corrected chi connectivity index (χ3v) is 4.58. The van der Waals surface area contributed by atoms with Crippen molar-refractivity contribution in [3.63, 3.8) is 0 Å². The summed E-state index contributed by atoms with van der Waals surface area (Å²) >= 11 is 6.62. The first-order chi connectivity index (χ1) is 12.8. The van der Waals surface area contributed by atoms with Crippen LogP contribution in [0.15, 0.2) is 53.7 Å². The first-order valence-corrected chi connectivity index (χ1v) is 8.84. The van der Waals surface area contributed by atoms with Crippen LogP contribution in [-0.4, -0.2) is 31.9 Å². The second-order valence-electron chi connectivity index (χ2n) is 5.24. The predicted octanol–water partition coefficient (Wildman–Crippen LogP) is 4.07. The number of carbonyl (C=O) groups is 1. The zero-order valence-corrected chi connectivity index (χ0v) is 15.0. The van der Waals surface area contributed by atoms with E-state index in [0.717, 1.165) is 29.6 Å². The lowest BCUT2D eigenvalue weighted by atomic mass is 10.2. The Morgan fingerprint density at radius 1 is 1.19 bits per heavy atom. The Morgan fingerprint density at radius 2 is 1.93 bits per heavy atom. The van der Waals surface area contributed by atoms with Crippen molar-refractivity contribution in [3.05, 3.63) is 59.1 Å². The van der Waals surface area contributed by atoms with Crippen LogP contribution in [0.4, 0.5) is 18.9 Å². The van der Waals surface area contributed by atoms with E-state index in [4.69, 9.17) is 11.6 Å². The third kappa shape index (κ3) is 4.77. The second kappa shape index (κ2) is 7.97. The molecule has 1 N–H and O–H groups in total. The highest BCUT2D eigenvalue weighted by Crippen LogP contribution is 2.36. The van der Waals surface area contributed by atoms with E-state index < -0.39 is 22.7 Å². The van der Waals surface area contributed by atoms with Gasteiger partial charge < -0.3 is 5.32 Å². The standard InChI is InChI=1S/C16H11ClF3N5OS/c17-13-7-6-10(8-12(13)16(18,19)20)21-14(26)9-27-15-22-23-24-25(15)11-4-2-1-3-5-11/h1-8H,9H2,(H,21,26). The van der Waals surface area contributed by atoms with E-state index in [1.807, 2.05) is 18.2 Å². The van der Waals surface area contributed by atoms with Gasteiger partial charge in [0.05, 0.1) is 22.0 Å². The second-order valence-corrected chi connectivity index (χ2v) is 6.59. The number of hydrogen-bond donors (Lipinski definition) is 1. The maximum Gasteiger partial charge on any atom is 0.417 e. The molecule has 1 amide bonds. The molecule has 0 fully saturated rings. The van der Waals surface area contributed by atoms with E-state index >= 15 is 0 Å². The average Bonchev–Trinajstić information content (AvgIpc) is 3.10. The maximum atomic E-state index is 12.9. The highest BCUT2D eigenvalue weighted by molar-refractivity contribution is 7.99. The Hall–Kier alpha value is -2.59. The van der Waals surface area contributed by atoms with E-state index in [-0.39, 0.29) is 11.4 Å². The maximum absolute atomic E-state index is 12.9. The molecule has 0 aliphatic heterocycles. The SMILES string of the molecule is O=C(CSc1nnnn1-c1ccccc1)Nc1ccc(Cl)c(C(F)(F)F)c1. The molecule has 0 spiro atoms. The van der Waals surface area contributed by atoms with Gasteiger partial charge in [-0.15, -0.1) is 5.10 Å². The number of anilines is 1. The van der Waals surface area contributed by atoms with Gasteiger partial charge in [-0.3, -0.25) is 4.79 Å². The number of tetrazole rings is 1. The normalized spacial score (nSPS) is 11.4. The van der Waals surface area contributed by atoms with Crippen molar-refractivity contribution in [2.45, 2.75) is 11.3 Å². The molecule has 0 atom stereocenters. The first-order valence-electron chi connectivity index (χ1n) is 7.48. The summed E-state index contributed by atoms with van der Waals surface area (Å²) in [5.41, 5.74) is -0.291. The molecule has 1 heterocycles. The molecule has 11 heteroatoms. The quantitative estimate of drug-likeness (QED) is 0.638. The van der Waals surface area contributed by atoms with Gasteiger partial charge in [0.2, 0.25) is 11.1 Å². The summed E-state index contributed by atoms with van der Waals surface area (Å²) in [6.07, 6.45) is -4.61. The van der Waals surface area contributed by atoms with Crippen LogP contribution in [0.1, 0.15) is 5.56 Å². The van der Waals surface area contributed by atoms with Gasteiger partial charge in [-0.05, 0) is 40.8 Å². The molecule has 3 aromatic rings. The number of aromatic nitrogens is 4. The van der Waals surface area contributed by atoms with Crippen LogP contribution in [0.25, 0.3) is 5.69 Å². The van der Waals surface area contributed by atoms with Gasteiger partial charge >= 0.3 is 6.18 Å². The average molecular weight is 414 g/mol. The van der Waals surface area contributed by atoms with Crippen molar-refractivity contribution in [3.8, 4) is 5.69 Å². The summed E-state index contributed by atoms with van der Waals surface area (Å²) in [5, 5.41) is 13.6. The van der Waals surface area contributed by atoms with Gasteiger partial charge in [0, 0.05) is 5.69 Å². The summed E-state index contributed by atoms with van der Waals surface area (Å²) in [4.78, 5) is 12.1. The first kappa shape index (κ1) is 19.2. The van der Waals surface area contributed by atoms with E-state index in [0.29, 0.717) is 5.16 Å². The molecule has 0 saturated carbocycles. The lowest BCUT2D eigenvalue weighted by Gasteiger charge is -2.11. The summed E-state index contributed by atoms with van der Waals surface area (Å²) in [5.74, 6) is -0.588. The number of para-hydroxylation sites is 1. The molecule has 0 saturated heterocycles. The summed E-state index contributed by atoms with van der Waals surface area (Å²) in [6.45, 7) is 0. The van der Waals surface area contributed by atoms with Gasteiger partial charge in [-0.2, -0.15) is 17.9 Å². The Bertz CT molecular complexity index is 949. The minimum Gasteiger partial charge on any atom is -0.325 e. The fourth-order valence-corrected chi connectivity index (χ4v) is 3.06. The van der Waals surface area contributed by atoms with Crippen LogP contribution in [0.3, 0.4) is 0 Å². The minimum atomic E-state index is -4.61. The molecule has 0 aliphatic carbocycles. The number of rotatable bonds is 5. The number of nitrogens with one attached hydrogen (secondary N) is 1. The van der Waals surface area contributed by atoms with Crippen molar-refractivity contribution in [1.82, 2.24) is 20.2 Å². The van der Waals surface area contributed by atoms with Gasteiger partial charge in [-0.25, -0.2) is 0 Å². The van der Waals surface area contributed by atoms with Crippen molar-refractivity contribution < 1.29 is 18.0 Å². The topological polar surface area (TPSA) is 72.7 Å². The largest absolute Gasteiger partial charge is 0.417 e. The number of amides is 1. The van der Waals surface area contributed by atoms with Gasteiger partial charge in [0.15, 0.2) is 0 Å². The number of thioether (sulfide) groups is 1. The van der Waals surface area contributed by atoms with Crippen LogP contribution in [0.2, 0.25) is 5.02 Å². The molecule has 140 valence electrons. The Labute approximate surface area is 160 Å². The van der Waals surface area contributed by atoms with Crippen LogP contribution < -0.4 is 5.32 Å². The van der Waals surface area contributed by atoms with E-state index in [1.54, 1.807) is 12.1 Å². The van der Waals surface area contributed by atoms with Crippen molar-refractivity contribution in [2.75, 3.05) is 11.1 Å². The van der Waals surface area contributed by atoms with Gasteiger partial charge in [0.25, 0.3) is 0 Å². The van der Waals surface area contributed by atoms with Crippen LogP contribution in [0, 0.1) is 0 Å². The van der Waals surface area contributed by atoms with E-state index in [1.165, 1.54) is 10.7 Å². The Morgan fingerprint density at radius 3 is 2.63 bits per heavy atom. The molecule has 1 aromatic heterocycles. The minimum absolute atomic E-state index is 0.0000220. The van der Waals surface area contributed by atoms with Crippen molar-refractivity contribution in [1.29, 1.82) is 0 Å². The lowest BCUT2D eigenvalue weighted by molar-refractivity contribution is -0.137. The smallest absolute Gasteiger partial charge is 0.325 e. The fraction of sp³-hybridized carbons (Fsp3) is 0.125. The van der Waals surface area contributed by atoms with Crippen LogP contribution in [0.5, 0.6) is 0 Å². The number of benzene rings is 2. The van der Waals surface area contributed by atoms with Crippen molar-refractivity contribution >= 4 is 35.0 Å². The number of carbonyl (C=O) groups excluding carboxylic acids is 1. The zero-order valence-electron chi connectivity index (χ0n) is 13.4. The summed E-state index contributed by atoms with van der Waals surface area (Å²) < 4.78 is 40.1. The molecule has 0 bridgehead atoms. The molecule has 3 rings (SSSR count). The molecule has 27 heavy (non-hydrogen) atoms. The van der Waals surface area contributed by atoms with Crippen molar-refractivity contribution in [2.24, 2.45) is 0 Å². The molecule has 0 radical (unpaired) electrons. The zero-order chi connectivity index (χ0) is 19.4. The monoisotopic (exact) mass is 413 g/mol. The fourth-order valence-electron chi connectivity index (χ4n) is 2.15. The number of nitrogens with zero attached hydrogens (tertiary/aromatic N) is 4. The van der Waals surface area contributed by atoms with E-state index in [2.05, 4.69) is 20.8 Å². The molecule has 2 aromatic carbocycles. The van der Waals surface area contributed by atoms with E-state index in [9.17, 15) is 18.0 Å². The Balaban J connectivity index is 1.66. The highest BCUT2D eigenvalue weighted by Gasteiger charge is 2.33. The van der Waals surface area contributed by atoms with Gasteiger partial charge in [0.1, 0.15) is 0 Å². The number of hydrogen-bond acceptors (Lipinski definition) is 5. The van der Waals surface area contributed by atoms with Gasteiger partial charge in [-0.1, -0.05) is 41.6 Å². The predicted molar refractivity (Wildman–Crippen MR) is 95.0 cm³/mol. The lowest BCUT2D eigenvalue weighted by Crippen LogP contribution is -2.15. The molecular weight excluding hydrogens is 403 g/mol.